The van der Waals surface area contributed by atoms with Crippen LogP contribution in [0.4, 0.5) is 5.69 Å². The Morgan fingerprint density at radius 3 is 2.36 bits per heavy atom. The number of aryl methyl sites for hydroxylation is 3. The van der Waals surface area contributed by atoms with Gasteiger partial charge in [0.1, 0.15) is 0 Å². The highest BCUT2D eigenvalue weighted by atomic mass is 16.1. The van der Waals surface area contributed by atoms with Gasteiger partial charge in [-0.05, 0) is 49.6 Å². The van der Waals surface area contributed by atoms with Crippen molar-refractivity contribution in [2.75, 3.05) is 11.9 Å². The van der Waals surface area contributed by atoms with Crippen molar-refractivity contribution in [3.8, 4) is 0 Å². The Labute approximate surface area is 132 Å². The third kappa shape index (κ3) is 4.92. The molecule has 3 nitrogen and oxygen atoms in total. The van der Waals surface area contributed by atoms with Crippen molar-refractivity contribution in [1.29, 1.82) is 0 Å². The second-order valence-corrected chi connectivity index (χ2v) is 5.74. The number of benzene rings is 2. The average molecular weight is 296 g/mol. The van der Waals surface area contributed by atoms with E-state index in [0.29, 0.717) is 19.5 Å². The summed E-state index contributed by atoms with van der Waals surface area (Å²) in [4.78, 5) is 11.8. The summed E-state index contributed by atoms with van der Waals surface area (Å²) < 4.78 is 0. The molecule has 0 aliphatic rings. The van der Waals surface area contributed by atoms with Crippen molar-refractivity contribution < 1.29 is 4.79 Å². The topological polar surface area (TPSA) is 41.1 Å². The van der Waals surface area contributed by atoms with Crippen LogP contribution in [0.15, 0.2) is 42.5 Å². The summed E-state index contributed by atoms with van der Waals surface area (Å²) in [6.45, 7) is 7.47. The first-order valence-corrected chi connectivity index (χ1v) is 7.68. The van der Waals surface area contributed by atoms with Crippen LogP contribution in [0, 0.1) is 20.8 Å². The van der Waals surface area contributed by atoms with Crippen molar-refractivity contribution in [3.63, 3.8) is 0 Å². The molecule has 2 rings (SSSR count). The minimum atomic E-state index is 0.0666. The highest BCUT2D eigenvalue weighted by molar-refractivity contribution is 5.76. The Bertz CT molecular complexity index is 632. The van der Waals surface area contributed by atoms with Crippen molar-refractivity contribution in [3.05, 3.63) is 64.7 Å². The van der Waals surface area contributed by atoms with Gasteiger partial charge in [0.15, 0.2) is 0 Å². The third-order valence-electron chi connectivity index (χ3n) is 3.80. The lowest BCUT2D eigenvalue weighted by Gasteiger charge is -2.09. The first kappa shape index (κ1) is 16.1. The fourth-order valence-electron chi connectivity index (χ4n) is 2.17. The second kappa shape index (κ2) is 7.64. The highest BCUT2D eigenvalue weighted by Gasteiger charge is 2.02. The first-order chi connectivity index (χ1) is 10.5. The highest BCUT2D eigenvalue weighted by Crippen LogP contribution is 2.13. The molecule has 0 radical (unpaired) electrons. The van der Waals surface area contributed by atoms with Crippen molar-refractivity contribution in [1.82, 2.24) is 5.32 Å². The lowest BCUT2D eigenvalue weighted by molar-refractivity contribution is -0.121. The second-order valence-electron chi connectivity index (χ2n) is 5.74. The zero-order valence-electron chi connectivity index (χ0n) is 13.6. The Morgan fingerprint density at radius 1 is 0.955 bits per heavy atom. The first-order valence-electron chi connectivity index (χ1n) is 7.68. The summed E-state index contributed by atoms with van der Waals surface area (Å²) in [6, 6.07) is 14.5. The molecule has 116 valence electrons. The molecule has 2 N–H and O–H groups in total. The van der Waals surface area contributed by atoms with Crippen molar-refractivity contribution >= 4 is 11.6 Å². The molecule has 1 amide bonds. The normalized spacial score (nSPS) is 10.3. The third-order valence-corrected chi connectivity index (χ3v) is 3.80. The Morgan fingerprint density at radius 2 is 1.68 bits per heavy atom. The lowest BCUT2D eigenvalue weighted by Crippen LogP contribution is -2.24. The molecule has 0 saturated carbocycles. The maximum Gasteiger partial charge on any atom is 0.222 e. The largest absolute Gasteiger partial charge is 0.385 e. The molecule has 3 heteroatoms. The SMILES string of the molecule is Cc1ccc(CNC(=O)CCNc2ccc(C)c(C)c2)cc1. The summed E-state index contributed by atoms with van der Waals surface area (Å²) in [5, 5.41) is 6.23. The van der Waals surface area contributed by atoms with Crippen molar-refractivity contribution in [2.45, 2.75) is 33.7 Å². The predicted octanol–water partition coefficient (Wildman–Crippen LogP) is 3.73. The fourth-order valence-corrected chi connectivity index (χ4v) is 2.17. The van der Waals surface area contributed by atoms with Gasteiger partial charge >= 0.3 is 0 Å². The molecule has 0 heterocycles. The number of anilines is 1. The molecule has 0 aliphatic heterocycles. The van der Waals surface area contributed by atoms with Crippen LogP contribution in [0.2, 0.25) is 0 Å². The van der Waals surface area contributed by atoms with Gasteiger partial charge in [0.25, 0.3) is 0 Å². The lowest BCUT2D eigenvalue weighted by atomic mass is 10.1. The molecule has 0 fully saturated rings. The molecule has 2 aromatic carbocycles. The van der Waals surface area contributed by atoms with Gasteiger partial charge in [-0.1, -0.05) is 35.9 Å². The van der Waals surface area contributed by atoms with Gasteiger partial charge in [-0.3, -0.25) is 4.79 Å². The van der Waals surface area contributed by atoms with E-state index < -0.39 is 0 Å². The number of amides is 1. The van der Waals surface area contributed by atoms with E-state index in [1.54, 1.807) is 0 Å². The van der Waals surface area contributed by atoms with E-state index >= 15 is 0 Å². The maximum atomic E-state index is 11.8. The van der Waals surface area contributed by atoms with Gasteiger partial charge < -0.3 is 10.6 Å². The molecule has 0 bridgehead atoms. The van der Waals surface area contributed by atoms with Gasteiger partial charge in [-0.15, -0.1) is 0 Å². The van der Waals surface area contributed by atoms with Crippen LogP contribution in [0.3, 0.4) is 0 Å². The van der Waals surface area contributed by atoms with E-state index in [2.05, 4.69) is 55.7 Å². The quantitative estimate of drug-likeness (QED) is 0.853. The van der Waals surface area contributed by atoms with Crippen LogP contribution in [0.5, 0.6) is 0 Å². The van der Waals surface area contributed by atoms with E-state index in [1.165, 1.54) is 16.7 Å². The van der Waals surface area contributed by atoms with Crippen LogP contribution < -0.4 is 10.6 Å². The molecule has 0 saturated heterocycles. The molecule has 0 atom stereocenters. The minimum Gasteiger partial charge on any atom is -0.385 e. The molecule has 0 aromatic heterocycles. The Hall–Kier alpha value is -2.29. The summed E-state index contributed by atoms with van der Waals surface area (Å²) in [5.41, 5.74) is 5.96. The van der Waals surface area contributed by atoms with Gasteiger partial charge in [-0.2, -0.15) is 0 Å². The number of hydrogen-bond acceptors (Lipinski definition) is 2. The molecule has 0 aliphatic carbocycles. The molecular formula is C19H24N2O. The molecule has 0 unspecified atom stereocenters. The van der Waals surface area contributed by atoms with Crippen molar-refractivity contribution in [2.24, 2.45) is 0 Å². The Balaban J connectivity index is 1.71. The summed E-state index contributed by atoms with van der Waals surface area (Å²) in [5.74, 6) is 0.0666. The molecule has 2 aromatic rings. The van der Waals surface area contributed by atoms with Gasteiger partial charge in [-0.25, -0.2) is 0 Å². The van der Waals surface area contributed by atoms with Crippen LogP contribution in [-0.2, 0) is 11.3 Å². The number of carbonyl (C=O) groups excluding carboxylic acids is 1. The van der Waals surface area contributed by atoms with Gasteiger partial charge in [0, 0.05) is 25.2 Å². The van der Waals surface area contributed by atoms with E-state index in [9.17, 15) is 4.79 Å². The monoisotopic (exact) mass is 296 g/mol. The standard InChI is InChI=1S/C19H24N2O/c1-14-4-7-17(8-5-14)13-21-19(22)10-11-20-18-9-6-15(2)16(3)12-18/h4-9,12,20H,10-11,13H2,1-3H3,(H,21,22). The number of hydrogen-bond donors (Lipinski definition) is 2. The van der Waals surface area contributed by atoms with E-state index in [4.69, 9.17) is 0 Å². The van der Waals surface area contributed by atoms with E-state index in [0.717, 1.165) is 11.3 Å². The predicted molar refractivity (Wildman–Crippen MR) is 92.0 cm³/mol. The smallest absolute Gasteiger partial charge is 0.222 e. The van der Waals surface area contributed by atoms with Crippen LogP contribution in [0.1, 0.15) is 28.7 Å². The van der Waals surface area contributed by atoms with E-state index in [-0.39, 0.29) is 5.91 Å². The number of carbonyl (C=O) groups is 1. The van der Waals surface area contributed by atoms with Crippen LogP contribution >= 0.6 is 0 Å². The summed E-state index contributed by atoms with van der Waals surface area (Å²) in [6.07, 6.45) is 0.471. The summed E-state index contributed by atoms with van der Waals surface area (Å²) >= 11 is 0. The Kier molecular flexibility index (Phi) is 5.59. The molecule has 0 spiro atoms. The minimum absolute atomic E-state index is 0.0666. The van der Waals surface area contributed by atoms with Gasteiger partial charge in [0.2, 0.25) is 5.91 Å². The maximum absolute atomic E-state index is 11.8. The summed E-state index contributed by atoms with van der Waals surface area (Å²) in [7, 11) is 0. The van der Waals surface area contributed by atoms with Gasteiger partial charge in [0.05, 0.1) is 0 Å². The number of nitrogens with one attached hydrogen (secondary N) is 2. The van der Waals surface area contributed by atoms with E-state index in [1.807, 2.05) is 18.2 Å². The zero-order valence-corrected chi connectivity index (χ0v) is 13.6. The molecular weight excluding hydrogens is 272 g/mol. The molecule has 22 heavy (non-hydrogen) atoms. The zero-order chi connectivity index (χ0) is 15.9. The average Bonchev–Trinajstić information content (AvgIpc) is 2.50. The van der Waals surface area contributed by atoms with Crippen LogP contribution in [0.25, 0.3) is 0 Å². The fraction of sp³-hybridized carbons (Fsp3) is 0.316. The number of rotatable bonds is 6. The van der Waals surface area contributed by atoms with Crippen LogP contribution in [-0.4, -0.2) is 12.5 Å².